The number of piperazine rings is 1. The van der Waals surface area contributed by atoms with Gasteiger partial charge in [-0.05, 0) is 66.0 Å². The number of hydrogen-bond donors (Lipinski definition) is 2. The lowest BCUT2D eigenvalue weighted by Gasteiger charge is -2.38. The number of fused-ring (bicyclic) bond motifs is 1. The van der Waals surface area contributed by atoms with Crippen LogP contribution in [0.15, 0.2) is 84.9 Å². The molecule has 3 aromatic carbocycles. The molecule has 0 amide bonds. The topological polar surface area (TPSA) is 59.6 Å². The molecule has 7 nitrogen and oxygen atoms in total. The minimum atomic E-state index is 0.00249. The quantitative estimate of drug-likeness (QED) is 0.207. The average molecular weight is 638 g/mol. The van der Waals surface area contributed by atoms with Crippen molar-refractivity contribution in [2.24, 2.45) is 0 Å². The molecule has 1 aromatic heterocycles. The summed E-state index contributed by atoms with van der Waals surface area (Å²) in [5.41, 5.74) is 5.25. The Kier molecular flexibility index (Phi) is 8.77. The van der Waals surface area contributed by atoms with Crippen molar-refractivity contribution in [3.05, 3.63) is 107 Å². The SMILES string of the molecule is S=C(NCC1(c2cccc(Cl)c2)CCCCC1)Nc1nc(N2CCN(c3ccccc3)CC2)cc(N2Cc3ccccc3C2)n1. The van der Waals surface area contributed by atoms with Gasteiger partial charge in [0.05, 0.1) is 0 Å². The first-order valence-electron chi connectivity index (χ1n) is 16.1. The number of hydrogen-bond acceptors (Lipinski definition) is 6. The molecule has 2 N–H and O–H groups in total. The molecule has 0 bridgehead atoms. The fourth-order valence-electron chi connectivity index (χ4n) is 7.14. The van der Waals surface area contributed by atoms with Crippen LogP contribution in [0.1, 0.15) is 48.8 Å². The van der Waals surface area contributed by atoms with Crippen LogP contribution >= 0.6 is 23.8 Å². The molecule has 0 unspecified atom stereocenters. The molecule has 1 saturated carbocycles. The maximum atomic E-state index is 6.43. The second-order valence-electron chi connectivity index (χ2n) is 12.5. The monoisotopic (exact) mass is 637 g/mol. The summed E-state index contributed by atoms with van der Waals surface area (Å²) >= 11 is 12.3. The third-order valence-electron chi connectivity index (χ3n) is 9.65. The van der Waals surface area contributed by atoms with Gasteiger partial charge in [0.25, 0.3) is 0 Å². The molecule has 0 atom stereocenters. The molecule has 1 aliphatic carbocycles. The Hall–Kier alpha value is -3.88. The summed E-state index contributed by atoms with van der Waals surface area (Å²) in [5.74, 6) is 2.37. The molecule has 232 valence electrons. The Balaban J connectivity index is 1.09. The second kappa shape index (κ2) is 13.2. The van der Waals surface area contributed by atoms with Crippen molar-refractivity contribution in [2.75, 3.05) is 52.7 Å². The van der Waals surface area contributed by atoms with Crippen molar-refractivity contribution in [1.82, 2.24) is 15.3 Å². The molecular weight excluding hydrogens is 598 g/mol. The van der Waals surface area contributed by atoms with Crippen molar-refractivity contribution in [3.63, 3.8) is 0 Å². The lowest BCUT2D eigenvalue weighted by Crippen LogP contribution is -2.47. The van der Waals surface area contributed by atoms with E-state index >= 15 is 0 Å². The number of nitrogens with one attached hydrogen (secondary N) is 2. The van der Waals surface area contributed by atoms with E-state index in [4.69, 9.17) is 33.8 Å². The number of thiocarbonyl (C=S) groups is 1. The summed E-state index contributed by atoms with van der Waals surface area (Å²) in [6.07, 6.45) is 5.92. The van der Waals surface area contributed by atoms with Crippen molar-refractivity contribution >= 4 is 52.2 Å². The van der Waals surface area contributed by atoms with Gasteiger partial charge in [-0.15, -0.1) is 0 Å². The Morgan fingerprint density at radius 3 is 2.07 bits per heavy atom. The highest BCUT2D eigenvalue weighted by Gasteiger charge is 2.34. The van der Waals surface area contributed by atoms with Gasteiger partial charge in [-0.25, -0.2) is 0 Å². The summed E-state index contributed by atoms with van der Waals surface area (Å²) < 4.78 is 0. The van der Waals surface area contributed by atoms with Gasteiger partial charge in [0, 0.05) is 68.0 Å². The molecule has 0 spiro atoms. The number of benzene rings is 3. The molecule has 4 aromatic rings. The van der Waals surface area contributed by atoms with Crippen LogP contribution in [0.3, 0.4) is 0 Å². The second-order valence-corrected chi connectivity index (χ2v) is 13.3. The van der Waals surface area contributed by atoms with Crippen molar-refractivity contribution in [1.29, 1.82) is 0 Å². The van der Waals surface area contributed by atoms with Crippen LogP contribution in [0.4, 0.5) is 23.3 Å². The predicted octanol–water partition coefficient (Wildman–Crippen LogP) is 7.17. The predicted molar refractivity (Wildman–Crippen MR) is 190 cm³/mol. The first kappa shape index (κ1) is 29.8. The maximum Gasteiger partial charge on any atom is 0.232 e. The highest BCUT2D eigenvalue weighted by atomic mass is 35.5. The first-order chi connectivity index (χ1) is 22.0. The Labute approximate surface area is 276 Å². The zero-order valence-electron chi connectivity index (χ0n) is 25.6. The number of para-hydroxylation sites is 1. The highest BCUT2D eigenvalue weighted by Crippen LogP contribution is 2.40. The van der Waals surface area contributed by atoms with Crippen molar-refractivity contribution in [3.8, 4) is 0 Å². The molecular formula is C36H40ClN7S. The van der Waals surface area contributed by atoms with E-state index < -0.39 is 0 Å². The van der Waals surface area contributed by atoms with Crippen molar-refractivity contribution < 1.29 is 0 Å². The van der Waals surface area contributed by atoms with E-state index in [0.717, 1.165) is 75.3 Å². The third-order valence-corrected chi connectivity index (χ3v) is 10.1. The smallest absolute Gasteiger partial charge is 0.232 e. The van der Waals surface area contributed by atoms with E-state index in [1.807, 2.05) is 6.07 Å². The van der Waals surface area contributed by atoms with Crippen LogP contribution < -0.4 is 25.3 Å². The van der Waals surface area contributed by atoms with Crippen LogP contribution in [-0.2, 0) is 18.5 Å². The van der Waals surface area contributed by atoms with E-state index in [9.17, 15) is 0 Å². The van der Waals surface area contributed by atoms with E-state index in [-0.39, 0.29) is 5.41 Å². The van der Waals surface area contributed by atoms with Gasteiger partial charge in [-0.2, -0.15) is 9.97 Å². The zero-order valence-corrected chi connectivity index (χ0v) is 27.2. The number of aromatic nitrogens is 2. The lowest BCUT2D eigenvalue weighted by atomic mass is 9.69. The summed E-state index contributed by atoms with van der Waals surface area (Å²) in [6.45, 7) is 6.05. The summed E-state index contributed by atoms with van der Waals surface area (Å²) in [4.78, 5) is 17.1. The van der Waals surface area contributed by atoms with E-state index in [0.29, 0.717) is 11.1 Å². The Morgan fingerprint density at radius 2 is 1.38 bits per heavy atom. The molecule has 45 heavy (non-hydrogen) atoms. The van der Waals surface area contributed by atoms with Gasteiger partial charge in [-0.1, -0.05) is 85.5 Å². The molecule has 3 heterocycles. The number of nitrogens with zero attached hydrogens (tertiary/aromatic N) is 5. The lowest BCUT2D eigenvalue weighted by molar-refractivity contribution is 0.292. The minimum absolute atomic E-state index is 0.00249. The summed E-state index contributed by atoms with van der Waals surface area (Å²) in [5, 5.41) is 8.25. The van der Waals surface area contributed by atoms with Gasteiger partial charge in [0.15, 0.2) is 5.11 Å². The first-order valence-corrected chi connectivity index (χ1v) is 16.9. The maximum absolute atomic E-state index is 6.43. The van der Waals surface area contributed by atoms with Gasteiger partial charge < -0.3 is 25.3 Å². The molecule has 0 radical (unpaired) electrons. The number of halogens is 1. The van der Waals surface area contributed by atoms with Crippen LogP contribution in [0, 0.1) is 0 Å². The Bertz CT molecular complexity index is 1610. The fraction of sp³-hybridized carbons (Fsp3) is 0.361. The van der Waals surface area contributed by atoms with Gasteiger partial charge in [0.1, 0.15) is 11.6 Å². The fourth-order valence-corrected chi connectivity index (χ4v) is 7.49. The number of rotatable bonds is 7. The molecule has 2 fully saturated rings. The summed E-state index contributed by atoms with van der Waals surface area (Å²) in [7, 11) is 0. The van der Waals surface area contributed by atoms with Gasteiger partial charge in [-0.3, -0.25) is 0 Å². The van der Waals surface area contributed by atoms with Crippen LogP contribution in [0.5, 0.6) is 0 Å². The molecule has 7 rings (SSSR count). The molecule has 2 aliphatic heterocycles. The molecule has 3 aliphatic rings. The van der Waals surface area contributed by atoms with Crippen molar-refractivity contribution in [2.45, 2.75) is 50.6 Å². The standard InChI is InChI=1S/C36H40ClN7S/c37-30-13-9-12-29(22-30)36(16-7-2-8-17-36)26-38-35(45)41-34-39-32(43-20-18-42(19-21-43)31-14-3-1-4-15-31)23-33(40-34)44-24-27-10-5-6-11-28(27)25-44/h1,3-6,9-15,22-23H,2,7-8,16-21,24-26H2,(H2,38,39,40,41,45). The minimum Gasteiger partial charge on any atom is -0.368 e. The number of anilines is 4. The molecule has 9 heteroatoms. The van der Waals surface area contributed by atoms with Crippen LogP contribution in [-0.4, -0.2) is 47.8 Å². The normalized spacial score (nSPS) is 17.6. The molecule has 1 saturated heterocycles. The van der Waals surface area contributed by atoms with Crippen LogP contribution in [0.2, 0.25) is 5.02 Å². The highest BCUT2D eigenvalue weighted by molar-refractivity contribution is 7.80. The van der Waals surface area contributed by atoms with Gasteiger partial charge >= 0.3 is 0 Å². The van der Waals surface area contributed by atoms with E-state index in [2.05, 4.69) is 104 Å². The van der Waals surface area contributed by atoms with Gasteiger partial charge in [0.2, 0.25) is 5.95 Å². The Morgan fingerprint density at radius 1 is 0.733 bits per heavy atom. The largest absolute Gasteiger partial charge is 0.368 e. The summed E-state index contributed by atoms with van der Waals surface area (Å²) in [6, 6.07) is 29.8. The van der Waals surface area contributed by atoms with Crippen LogP contribution in [0.25, 0.3) is 0 Å². The van der Waals surface area contributed by atoms with E-state index in [1.54, 1.807) is 0 Å². The average Bonchev–Trinajstić information content (AvgIpc) is 3.53. The third kappa shape index (κ3) is 6.72. The van der Waals surface area contributed by atoms with E-state index in [1.165, 1.54) is 41.6 Å². The zero-order chi connectivity index (χ0) is 30.6.